The number of ether oxygens (including phenoxy) is 2. The Morgan fingerprint density at radius 2 is 1.96 bits per heavy atom. The number of fused-ring (bicyclic) bond motifs is 1. The number of carbonyl (C=O) groups is 2. The zero-order chi connectivity index (χ0) is 19.7. The van der Waals surface area contributed by atoms with E-state index in [1.165, 1.54) is 0 Å². The molecule has 0 saturated carbocycles. The zero-order valence-corrected chi connectivity index (χ0v) is 15.1. The number of methoxy groups -OCH3 is 1. The van der Waals surface area contributed by atoms with Gasteiger partial charge < -0.3 is 19.7 Å². The highest BCUT2D eigenvalue weighted by Crippen LogP contribution is 2.40. The highest BCUT2D eigenvalue weighted by Gasteiger charge is 2.63. The van der Waals surface area contributed by atoms with Crippen molar-refractivity contribution in [2.75, 3.05) is 32.6 Å². The molecule has 1 N–H and O–H groups in total. The van der Waals surface area contributed by atoms with Gasteiger partial charge >= 0.3 is 23.9 Å². The molecule has 1 amide bonds. The van der Waals surface area contributed by atoms with Crippen LogP contribution in [0.4, 0.5) is 22.6 Å². The fraction of sp³-hybridized carbons (Fsp3) is 0.600. The Kier molecular flexibility index (Phi) is 5.93. The summed E-state index contributed by atoms with van der Waals surface area (Å²) in [4.78, 5) is 26.8. The summed E-state index contributed by atoms with van der Waals surface area (Å²) in [7, 11) is 2.28. The molecular formula is C15H18F4N2O4S. The zero-order valence-electron chi connectivity index (χ0n) is 14.3. The fourth-order valence-electron chi connectivity index (χ4n) is 2.56. The predicted octanol–water partition coefficient (Wildman–Crippen LogP) is 2.73. The van der Waals surface area contributed by atoms with E-state index in [1.807, 2.05) is 17.3 Å². The lowest BCUT2D eigenvalue weighted by Crippen LogP contribution is -2.52. The first-order valence-electron chi connectivity index (χ1n) is 7.67. The van der Waals surface area contributed by atoms with Crippen LogP contribution in [0.25, 0.3) is 0 Å². The molecule has 0 saturated heterocycles. The Labute approximate surface area is 151 Å². The lowest BCUT2D eigenvalue weighted by Gasteiger charge is -2.24. The van der Waals surface area contributed by atoms with Gasteiger partial charge in [0.1, 0.15) is 5.00 Å². The van der Waals surface area contributed by atoms with E-state index in [0.29, 0.717) is 37.1 Å². The van der Waals surface area contributed by atoms with E-state index in [4.69, 9.17) is 4.74 Å². The van der Waals surface area contributed by atoms with Crippen molar-refractivity contribution in [2.24, 2.45) is 0 Å². The summed E-state index contributed by atoms with van der Waals surface area (Å²) in [5.74, 6) is -7.36. The fourth-order valence-corrected chi connectivity index (χ4v) is 3.87. The minimum Gasteiger partial charge on any atom is -0.462 e. The molecule has 0 aromatic carbocycles. The molecule has 0 unspecified atom stereocenters. The summed E-state index contributed by atoms with van der Waals surface area (Å²) in [6.45, 7) is 2.69. The molecular weight excluding hydrogens is 380 g/mol. The second-order valence-corrected chi connectivity index (χ2v) is 6.77. The van der Waals surface area contributed by atoms with Gasteiger partial charge in [0, 0.05) is 25.1 Å². The lowest BCUT2D eigenvalue weighted by atomic mass is 10.0. The first-order chi connectivity index (χ1) is 12.0. The Balaban J connectivity index is 2.43. The van der Waals surface area contributed by atoms with Gasteiger partial charge in [-0.25, -0.2) is 4.79 Å². The van der Waals surface area contributed by atoms with E-state index < -0.39 is 23.9 Å². The van der Waals surface area contributed by atoms with Crippen LogP contribution in [0.3, 0.4) is 0 Å². The number of anilines is 1. The maximum Gasteiger partial charge on any atom is 0.458 e. The van der Waals surface area contributed by atoms with Crippen LogP contribution < -0.4 is 5.32 Å². The van der Waals surface area contributed by atoms with Gasteiger partial charge in [-0.2, -0.15) is 17.6 Å². The average Bonchev–Trinajstić information content (AvgIpc) is 2.89. The standard InChI is InChI=1S/C15H18F4N2O4S/c1-4-25-12(22)10-8-5-6-21(2)7-9(8)26-11(10)20-13(23)14(16,24-3)15(17,18)19/h4-7H2,1-3H3,(H,20,23)/t14-/m0/s1. The molecule has 1 atom stereocenters. The molecule has 2 rings (SSSR count). The van der Waals surface area contributed by atoms with Crippen LogP contribution >= 0.6 is 11.3 Å². The van der Waals surface area contributed by atoms with Crippen molar-refractivity contribution >= 4 is 28.2 Å². The van der Waals surface area contributed by atoms with E-state index in [1.54, 1.807) is 6.92 Å². The van der Waals surface area contributed by atoms with E-state index in [-0.39, 0.29) is 17.2 Å². The van der Waals surface area contributed by atoms with Crippen molar-refractivity contribution in [3.8, 4) is 0 Å². The molecule has 2 heterocycles. The van der Waals surface area contributed by atoms with Crippen molar-refractivity contribution in [3.05, 3.63) is 16.0 Å². The maximum atomic E-state index is 14.1. The number of rotatable bonds is 5. The topological polar surface area (TPSA) is 67.9 Å². The first kappa shape index (κ1) is 20.6. The molecule has 0 spiro atoms. The van der Waals surface area contributed by atoms with Crippen LogP contribution in [-0.2, 0) is 27.2 Å². The summed E-state index contributed by atoms with van der Waals surface area (Å²) < 4.78 is 61.4. The van der Waals surface area contributed by atoms with Crippen molar-refractivity contribution in [2.45, 2.75) is 31.9 Å². The SMILES string of the molecule is CCOC(=O)c1c(NC(=O)[C@](F)(OC)C(F)(F)F)sc2c1CCN(C)C2. The Bertz CT molecular complexity index is 707. The Morgan fingerprint density at radius 1 is 1.31 bits per heavy atom. The molecule has 1 aromatic rings. The van der Waals surface area contributed by atoms with Crippen LogP contribution in [0.2, 0.25) is 0 Å². The molecule has 1 aliphatic heterocycles. The van der Waals surface area contributed by atoms with Crippen LogP contribution in [0.1, 0.15) is 27.7 Å². The molecule has 0 radical (unpaired) electrons. The number of amides is 1. The van der Waals surface area contributed by atoms with Crippen LogP contribution in [0, 0.1) is 0 Å². The Hall–Kier alpha value is -1.72. The number of thiophene rings is 1. The molecule has 11 heteroatoms. The first-order valence-corrected chi connectivity index (χ1v) is 8.49. The van der Waals surface area contributed by atoms with Gasteiger partial charge in [0.15, 0.2) is 0 Å². The molecule has 1 aromatic heterocycles. The minimum absolute atomic E-state index is 0.0334. The number of carbonyl (C=O) groups excluding carboxylic acids is 2. The van der Waals surface area contributed by atoms with Crippen molar-refractivity contribution in [1.82, 2.24) is 4.90 Å². The summed E-state index contributed by atoms with van der Waals surface area (Å²) in [5, 5.41) is 1.68. The van der Waals surface area contributed by atoms with Gasteiger partial charge in [0.25, 0.3) is 0 Å². The van der Waals surface area contributed by atoms with Crippen LogP contribution in [-0.4, -0.2) is 56.1 Å². The third-order valence-electron chi connectivity index (χ3n) is 3.89. The third-order valence-corrected chi connectivity index (χ3v) is 5.02. The monoisotopic (exact) mass is 398 g/mol. The van der Waals surface area contributed by atoms with Crippen LogP contribution in [0.5, 0.6) is 0 Å². The van der Waals surface area contributed by atoms with E-state index in [9.17, 15) is 27.2 Å². The van der Waals surface area contributed by atoms with E-state index in [2.05, 4.69) is 4.74 Å². The second-order valence-electron chi connectivity index (χ2n) is 5.67. The number of halogens is 4. The largest absolute Gasteiger partial charge is 0.462 e. The van der Waals surface area contributed by atoms with Gasteiger partial charge in [-0.05, 0) is 26.0 Å². The normalized spacial score (nSPS) is 17.3. The molecule has 6 nitrogen and oxygen atoms in total. The number of nitrogens with zero attached hydrogens (tertiary/aromatic N) is 1. The summed E-state index contributed by atoms with van der Waals surface area (Å²) >= 11 is 0.921. The lowest BCUT2D eigenvalue weighted by molar-refractivity contribution is -0.305. The molecule has 26 heavy (non-hydrogen) atoms. The van der Waals surface area contributed by atoms with Gasteiger partial charge in [-0.3, -0.25) is 4.79 Å². The summed E-state index contributed by atoms with van der Waals surface area (Å²) in [6.07, 6.45) is -5.12. The quantitative estimate of drug-likeness (QED) is 0.610. The number of hydrogen-bond acceptors (Lipinski definition) is 6. The molecule has 1 aliphatic rings. The van der Waals surface area contributed by atoms with E-state index in [0.717, 1.165) is 11.3 Å². The molecule has 146 valence electrons. The van der Waals surface area contributed by atoms with Crippen molar-refractivity contribution in [3.63, 3.8) is 0 Å². The minimum atomic E-state index is -5.58. The number of hydrogen-bond donors (Lipinski definition) is 1. The second kappa shape index (κ2) is 7.49. The summed E-state index contributed by atoms with van der Waals surface area (Å²) in [5.41, 5.74) is 0.560. The van der Waals surface area contributed by atoms with Gasteiger partial charge in [0.05, 0.1) is 12.2 Å². The number of nitrogens with one attached hydrogen (secondary N) is 1. The smallest absolute Gasteiger partial charge is 0.458 e. The highest BCUT2D eigenvalue weighted by atomic mass is 32.1. The number of alkyl halides is 4. The molecule has 0 aliphatic carbocycles. The molecule has 0 bridgehead atoms. The van der Waals surface area contributed by atoms with E-state index >= 15 is 0 Å². The van der Waals surface area contributed by atoms with Gasteiger partial charge in [-0.1, -0.05) is 0 Å². The molecule has 0 fully saturated rings. The average molecular weight is 398 g/mol. The van der Waals surface area contributed by atoms with Crippen molar-refractivity contribution in [1.29, 1.82) is 0 Å². The summed E-state index contributed by atoms with van der Waals surface area (Å²) in [6, 6.07) is 0. The highest BCUT2D eigenvalue weighted by molar-refractivity contribution is 7.17. The Morgan fingerprint density at radius 3 is 2.50 bits per heavy atom. The number of esters is 1. The van der Waals surface area contributed by atoms with Crippen LogP contribution in [0.15, 0.2) is 0 Å². The van der Waals surface area contributed by atoms with Crippen molar-refractivity contribution < 1.29 is 36.6 Å². The third kappa shape index (κ3) is 3.69. The maximum absolute atomic E-state index is 14.1. The van der Waals surface area contributed by atoms with Gasteiger partial charge in [0.2, 0.25) is 0 Å². The predicted molar refractivity (Wildman–Crippen MR) is 85.8 cm³/mol. The van der Waals surface area contributed by atoms with Gasteiger partial charge in [-0.15, -0.1) is 11.3 Å². The number of likely N-dealkylation sites (N-methyl/N-ethyl adjacent to an activating group) is 1.